The van der Waals surface area contributed by atoms with Gasteiger partial charge in [-0.2, -0.15) is 9.40 Å². The second-order valence-corrected chi connectivity index (χ2v) is 7.17. The van der Waals surface area contributed by atoms with Crippen LogP contribution in [0.15, 0.2) is 5.03 Å². The van der Waals surface area contributed by atoms with Gasteiger partial charge >= 0.3 is 0 Å². The van der Waals surface area contributed by atoms with Gasteiger partial charge in [0.2, 0.25) is 0 Å². The predicted octanol–water partition coefficient (Wildman–Crippen LogP) is 1.52. The van der Waals surface area contributed by atoms with Crippen molar-refractivity contribution in [1.82, 2.24) is 14.5 Å². The molecule has 0 amide bonds. The van der Waals surface area contributed by atoms with Crippen LogP contribution >= 0.6 is 0 Å². The highest BCUT2D eigenvalue weighted by Gasteiger charge is 2.35. The Morgan fingerprint density at radius 1 is 1.40 bits per heavy atom. The minimum Gasteiger partial charge on any atom is -0.326 e. The third-order valence-electron chi connectivity index (χ3n) is 4.09. The summed E-state index contributed by atoms with van der Waals surface area (Å²) in [5, 5.41) is 6.85. The van der Waals surface area contributed by atoms with Crippen LogP contribution in [0, 0.1) is 6.92 Å². The van der Waals surface area contributed by atoms with Crippen LogP contribution in [-0.4, -0.2) is 35.5 Å². The van der Waals surface area contributed by atoms with Gasteiger partial charge in [0.05, 0.1) is 0 Å². The number of nitrogens with two attached hydrogens (primary N) is 1. The highest BCUT2D eigenvalue weighted by molar-refractivity contribution is 7.89. The number of sulfonamides is 1. The van der Waals surface area contributed by atoms with Crippen LogP contribution in [0.5, 0.6) is 0 Å². The second kappa shape index (κ2) is 6.24. The third-order valence-corrected chi connectivity index (χ3v) is 6.01. The first-order valence-corrected chi connectivity index (χ1v) is 8.72. The molecule has 1 aromatic heterocycles. The van der Waals surface area contributed by atoms with E-state index in [1.807, 2.05) is 6.92 Å². The van der Waals surface area contributed by atoms with Gasteiger partial charge in [-0.05, 0) is 26.2 Å². The van der Waals surface area contributed by atoms with Crippen molar-refractivity contribution in [1.29, 1.82) is 0 Å². The Kier molecular flexibility index (Phi) is 4.82. The summed E-state index contributed by atoms with van der Waals surface area (Å²) in [5.74, 6) is 0. The van der Waals surface area contributed by atoms with Gasteiger partial charge in [-0.3, -0.25) is 5.10 Å². The lowest BCUT2D eigenvalue weighted by Gasteiger charge is -2.27. The van der Waals surface area contributed by atoms with Gasteiger partial charge in [0, 0.05) is 30.4 Å². The van der Waals surface area contributed by atoms with E-state index >= 15 is 0 Å². The highest BCUT2D eigenvalue weighted by atomic mass is 32.2. The van der Waals surface area contributed by atoms with Crippen molar-refractivity contribution in [3.8, 4) is 0 Å². The van der Waals surface area contributed by atoms with Crippen LogP contribution in [0.2, 0.25) is 0 Å². The van der Waals surface area contributed by atoms with E-state index in [-0.39, 0.29) is 17.6 Å². The minimum absolute atomic E-state index is 0.0742. The molecular weight excluding hydrogens is 276 g/mol. The topological polar surface area (TPSA) is 92.1 Å². The lowest BCUT2D eigenvalue weighted by molar-refractivity contribution is 0.313. The third kappa shape index (κ3) is 2.75. The molecule has 114 valence electrons. The molecule has 1 aliphatic rings. The molecule has 1 aromatic rings. The first-order valence-electron chi connectivity index (χ1n) is 7.28. The summed E-state index contributed by atoms with van der Waals surface area (Å²) in [6.45, 7) is 4.60. The second-order valence-electron chi connectivity index (χ2n) is 5.36. The largest absolute Gasteiger partial charge is 0.326 e. The summed E-state index contributed by atoms with van der Waals surface area (Å²) in [6, 6.07) is 0.0742. The maximum Gasteiger partial charge on any atom is 0.262 e. The number of hydrogen-bond acceptors (Lipinski definition) is 4. The Hall–Kier alpha value is -0.920. The normalized spacial score (nSPS) is 21.9. The van der Waals surface area contributed by atoms with Gasteiger partial charge in [-0.15, -0.1) is 0 Å². The molecule has 20 heavy (non-hydrogen) atoms. The van der Waals surface area contributed by atoms with Crippen LogP contribution in [-0.2, 0) is 16.6 Å². The van der Waals surface area contributed by atoms with Gasteiger partial charge in [0.1, 0.15) is 0 Å². The van der Waals surface area contributed by atoms with Gasteiger partial charge in [-0.25, -0.2) is 8.42 Å². The van der Waals surface area contributed by atoms with E-state index in [2.05, 4.69) is 10.2 Å². The summed E-state index contributed by atoms with van der Waals surface area (Å²) < 4.78 is 27.4. The van der Waals surface area contributed by atoms with Crippen LogP contribution < -0.4 is 5.73 Å². The Balaban J connectivity index is 2.41. The number of aryl methyl sites for hydroxylation is 1. The molecule has 0 spiro atoms. The van der Waals surface area contributed by atoms with Crippen molar-refractivity contribution in [3.63, 3.8) is 0 Å². The zero-order chi connectivity index (χ0) is 14.8. The average Bonchev–Trinajstić information content (AvgIpc) is 2.65. The zero-order valence-corrected chi connectivity index (χ0v) is 13.0. The monoisotopic (exact) mass is 300 g/mol. The molecule has 6 nitrogen and oxygen atoms in total. The van der Waals surface area contributed by atoms with E-state index in [1.165, 1.54) is 0 Å². The number of hydrogen-bond donors (Lipinski definition) is 2. The van der Waals surface area contributed by atoms with Crippen LogP contribution in [0.1, 0.15) is 50.3 Å². The van der Waals surface area contributed by atoms with Crippen LogP contribution in [0.4, 0.5) is 0 Å². The molecule has 1 atom stereocenters. The summed E-state index contributed by atoms with van der Waals surface area (Å²) >= 11 is 0. The highest BCUT2D eigenvalue weighted by Crippen LogP contribution is 2.27. The molecular formula is C13H24N4O2S. The molecule has 0 bridgehead atoms. The molecule has 3 N–H and O–H groups in total. The first kappa shape index (κ1) is 15.5. The fourth-order valence-corrected chi connectivity index (χ4v) is 4.82. The summed E-state index contributed by atoms with van der Waals surface area (Å²) in [4.78, 5) is 0. The number of nitrogens with zero attached hydrogens (tertiary/aromatic N) is 2. The van der Waals surface area contributed by atoms with Crippen molar-refractivity contribution in [3.05, 3.63) is 11.3 Å². The Labute approximate surface area is 120 Å². The molecule has 0 aromatic carbocycles. The standard InChI is InChI=1S/C13H24N4O2S/c1-3-11-7-5-4-6-8-17(11)20(18,19)13-12(9-14)10(2)15-16-13/h11H,3-9,14H2,1-2H3,(H,15,16). The average molecular weight is 300 g/mol. The number of H-pyrrole nitrogens is 1. The smallest absolute Gasteiger partial charge is 0.262 e. The number of aromatic amines is 1. The molecule has 0 saturated carbocycles. The lowest BCUT2D eigenvalue weighted by Crippen LogP contribution is -2.40. The SMILES string of the molecule is CCC1CCCCCN1S(=O)(=O)c1n[nH]c(C)c1CN. The van der Waals surface area contributed by atoms with Crippen molar-refractivity contribution in [2.75, 3.05) is 6.54 Å². The van der Waals surface area contributed by atoms with Gasteiger partial charge in [0.15, 0.2) is 5.03 Å². The summed E-state index contributed by atoms with van der Waals surface area (Å²) in [6.07, 6.45) is 4.86. The van der Waals surface area contributed by atoms with E-state index in [4.69, 9.17) is 5.73 Å². The Morgan fingerprint density at radius 2 is 2.15 bits per heavy atom. The molecule has 1 aliphatic heterocycles. The van der Waals surface area contributed by atoms with E-state index in [0.717, 1.165) is 37.8 Å². The number of nitrogens with one attached hydrogen (secondary N) is 1. The fourth-order valence-electron chi connectivity index (χ4n) is 2.87. The molecule has 0 radical (unpaired) electrons. The molecule has 7 heteroatoms. The molecule has 1 fully saturated rings. The van der Waals surface area contributed by atoms with Gasteiger partial charge in [0.25, 0.3) is 10.0 Å². The van der Waals surface area contributed by atoms with Crippen molar-refractivity contribution < 1.29 is 8.42 Å². The number of rotatable bonds is 4. The maximum absolute atomic E-state index is 12.9. The lowest BCUT2D eigenvalue weighted by atomic mass is 10.1. The van der Waals surface area contributed by atoms with Gasteiger partial charge < -0.3 is 5.73 Å². The maximum atomic E-state index is 12.9. The Bertz CT molecular complexity index is 553. The quantitative estimate of drug-likeness (QED) is 0.882. The van der Waals surface area contributed by atoms with E-state index in [1.54, 1.807) is 11.2 Å². The van der Waals surface area contributed by atoms with Crippen molar-refractivity contribution in [2.24, 2.45) is 5.73 Å². The number of aromatic nitrogens is 2. The van der Waals surface area contributed by atoms with E-state index in [0.29, 0.717) is 12.1 Å². The van der Waals surface area contributed by atoms with Crippen LogP contribution in [0.25, 0.3) is 0 Å². The van der Waals surface area contributed by atoms with E-state index < -0.39 is 10.0 Å². The Morgan fingerprint density at radius 3 is 2.80 bits per heavy atom. The van der Waals surface area contributed by atoms with Crippen LogP contribution in [0.3, 0.4) is 0 Å². The first-order chi connectivity index (χ1) is 9.52. The molecule has 2 rings (SSSR count). The molecule has 2 heterocycles. The molecule has 1 saturated heterocycles. The predicted molar refractivity (Wildman–Crippen MR) is 77.7 cm³/mol. The zero-order valence-electron chi connectivity index (χ0n) is 12.2. The fraction of sp³-hybridized carbons (Fsp3) is 0.769. The summed E-state index contributed by atoms with van der Waals surface area (Å²) in [5.41, 5.74) is 7.01. The van der Waals surface area contributed by atoms with Gasteiger partial charge in [-0.1, -0.05) is 19.8 Å². The minimum atomic E-state index is -3.56. The molecule has 0 aliphatic carbocycles. The molecule has 1 unspecified atom stereocenters. The van der Waals surface area contributed by atoms with E-state index in [9.17, 15) is 8.42 Å². The summed E-state index contributed by atoms with van der Waals surface area (Å²) in [7, 11) is -3.56. The van der Waals surface area contributed by atoms with Crippen molar-refractivity contribution >= 4 is 10.0 Å². The van der Waals surface area contributed by atoms with Crippen molar-refractivity contribution in [2.45, 2.75) is 63.6 Å².